The van der Waals surface area contributed by atoms with Crippen molar-refractivity contribution >= 4 is 34.8 Å². The number of anilines is 1. The van der Waals surface area contributed by atoms with Crippen LogP contribution < -0.4 is 5.32 Å². The third-order valence-corrected chi connectivity index (χ3v) is 1.49. The van der Waals surface area contributed by atoms with E-state index in [1.807, 2.05) is 18.2 Å². The summed E-state index contributed by atoms with van der Waals surface area (Å²) in [4.78, 5) is 10.6. The summed E-state index contributed by atoms with van der Waals surface area (Å²) in [6.07, 6.45) is -0.461. The van der Waals surface area contributed by atoms with Crippen LogP contribution in [0.3, 0.4) is 0 Å². The zero-order valence-electron chi connectivity index (χ0n) is 5.58. The monoisotopic (exact) mass is 263 g/mol. The lowest BCUT2D eigenvalue weighted by atomic mass is 10.3. The molecule has 1 amide bonds. The van der Waals surface area contributed by atoms with Crippen LogP contribution in [-0.4, -0.2) is 6.09 Å². The van der Waals surface area contributed by atoms with Gasteiger partial charge in [-0.3, -0.25) is 5.32 Å². The molecule has 4 heteroatoms. The molecule has 1 rings (SSSR count). The number of benzene rings is 1. The molecule has 0 aliphatic heterocycles. The van der Waals surface area contributed by atoms with Gasteiger partial charge in [0.05, 0.1) is 0 Å². The molecule has 0 atom stereocenters. The van der Waals surface area contributed by atoms with Crippen LogP contribution in [0.15, 0.2) is 30.3 Å². The van der Waals surface area contributed by atoms with E-state index in [0.29, 0.717) is 0 Å². The van der Waals surface area contributed by atoms with Crippen LogP contribution in [0.4, 0.5) is 10.5 Å². The smallest absolute Gasteiger partial charge is 0.378 e. The first kappa shape index (κ1) is 8.32. The molecular formula is C7H6INO2. The molecule has 1 N–H and O–H groups in total. The van der Waals surface area contributed by atoms with Crippen LogP contribution in [-0.2, 0) is 3.07 Å². The minimum atomic E-state index is -0.461. The van der Waals surface area contributed by atoms with E-state index in [4.69, 9.17) is 0 Å². The molecule has 0 saturated carbocycles. The number of carbonyl (C=O) groups excluding carboxylic acids is 1. The molecule has 1 aromatic carbocycles. The Balaban J connectivity index is 2.58. The number of rotatable bonds is 1. The average Bonchev–Trinajstić information content (AvgIpc) is 2.06. The lowest BCUT2D eigenvalue weighted by Gasteiger charge is -1.99. The van der Waals surface area contributed by atoms with Gasteiger partial charge in [0.15, 0.2) is 23.0 Å². The lowest BCUT2D eigenvalue weighted by Crippen LogP contribution is -2.07. The molecule has 3 nitrogen and oxygen atoms in total. The maximum Gasteiger partial charge on any atom is 0.421 e. The number of carbonyl (C=O) groups is 1. The van der Waals surface area contributed by atoms with Gasteiger partial charge < -0.3 is 3.07 Å². The van der Waals surface area contributed by atoms with Crippen LogP contribution in [0.5, 0.6) is 0 Å². The van der Waals surface area contributed by atoms with Crippen molar-refractivity contribution in [2.75, 3.05) is 5.32 Å². The van der Waals surface area contributed by atoms with E-state index in [1.165, 1.54) is 23.0 Å². The second-order valence-electron chi connectivity index (χ2n) is 1.86. The highest BCUT2D eigenvalue weighted by Crippen LogP contribution is 2.05. The van der Waals surface area contributed by atoms with Gasteiger partial charge in [-0.05, 0) is 12.1 Å². The Morgan fingerprint density at radius 3 is 2.55 bits per heavy atom. The Bertz CT molecular complexity index is 237. The summed E-state index contributed by atoms with van der Waals surface area (Å²) in [5.74, 6) is 0. The minimum Gasteiger partial charge on any atom is -0.378 e. The number of hydrogen-bond acceptors (Lipinski definition) is 2. The minimum absolute atomic E-state index is 0.461. The Morgan fingerprint density at radius 1 is 1.36 bits per heavy atom. The number of para-hydroxylation sites is 1. The number of halogens is 1. The number of nitrogens with one attached hydrogen (secondary N) is 1. The first-order chi connectivity index (χ1) is 5.33. The van der Waals surface area contributed by atoms with Crippen LogP contribution in [0.25, 0.3) is 0 Å². The fourth-order valence-electron chi connectivity index (χ4n) is 0.659. The summed E-state index contributed by atoms with van der Waals surface area (Å²) in [6, 6.07) is 9.12. The van der Waals surface area contributed by atoms with E-state index >= 15 is 0 Å². The molecule has 0 radical (unpaired) electrons. The molecular weight excluding hydrogens is 257 g/mol. The number of amides is 1. The summed E-state index contributed by atoms with van der Waals surface area (Å²) in [6.45, 7) is 0. The number of hydrogen-bond donors (Lipinski definition) is 1. The van der Waals surface area contributed by atoms with Gasteiger partial charge in [-0.2, -0.15) is 0 Å². The fourth-order valence-corrected chi connectivity index (χ4v) is 0.769. The third kappa shape index (κ3) is 2.75. The SMILES string of the molecule is O=C(Nc1ccccc1)OI. The average molecular weight is 263 g/mol. The molecule has 0 fully saturated rings. The van der Waals surface area contributed by atoms with Crippen molar-refractivity contribution in [1.29, 1.82) is 0 Å². The highest BCUT2D eigenvalue weighted by atomic mass is 127. The van der Waals surface area contributed by atoms with Gasteiger partial charge in [0, 0.05) is 5.69 Å². The molecule has 0 aliphatic rings. The van der Waals surface area contributed by atoms with Gasteiger partial charge in [0.2, 0.25) is 0 Å². The van der Waals surface area contributed by atoms with Crippen molar-refractivity contribution in [1.82, 2.24) is 0 Å². The molecule has 0 bridgehead atoms. The topological polar surface area (TPSA) is 38.3 Å². The maximum atomic E-state index is 10.6. The van der Waals surface area contributed by atoms with Crippen molar-refractivity contribution < 1.29 is 7.86 Å². The Labute approximate surface area is 78.4 Å². The van der Waals surface area contributed by atoms with Gasteiger partial charge in [0.25, 0.3) is 0 Å². The van der Waals surface area contributed by atoms with E-state index < -0.39 is 6.09 Å². The van der Waals surface area contributed by atoms with Gasteiger partial charge >= 0.3 is 6.09 Å². The highest BCUT2D eigenvalue weighted by Gasteiger charge is 1.98. The Hall–Kier alpha value is -0.780. The summed E-state index contributed by atoms with van der Waals surface area (Å²) in [5, 5.41) is 2.52. The van der Waals surface area contributed by atoms with Crippen molar-refractivity contribution in [3.8, 4) is 0 Å². The van der Waals surface area contributed by atoms with Gasteiger partial charge in [-0.25, -0.2) is 4.79 Å². The first-order valence-corrected chi connectivity index (χ1v) is 3.85. The normalized spacial score (nSPS) is 8.82. The standard InChI is InChI=1S/C7H6INO2/c8-11-7(10)9-6-4-2-1-3-5-6/h1-5H,(H,9,10). The van der Waals surface area contributed by atoms with Gasteiger partial charge in [-0.1, -0.05) is 18.2 Å². The molecule has 0 saturated heterocycles. The van der Waals surface area contributed by atoms with E-state index in [2.05, 4.69) is 8.38 Å². The quantitative estimate of drug-likeness (QED) is 0.791. The largest absolute Gasteiger partial charge is 0.421 e. The fraction of sp³-hybridized carbons (Fsp3) is 0. The lowest BCUT2D eigenvalue weighted by molar-refractivity contribution is 0.228. The summed E-state index contributed by atoms with van der Waals surface area (Å²) in [5.41, 5.74) is 0.731. The zero-order chi connectivity index (χ0) is 8.10. The third-order valence-electron chi connectivity index (χ3n) is 1.09. The van der Waals surface area contributed by atoms with Crippen molar-refractivity contribution in [3.63, 3.8) is 0 Å². The van der Waals surface area contributed by atoms with E-state index in [9.17, 15) is 4.79 Å². The predicted molar refractivity (Wildman–Crippen MR) is 50.6 cm³/mol. The highest BCUT2D eigenvalue weighted by molar-refractivity contribution is 14.1. The molecule has 0 heterocycles. The van der Waals surface area contributed by atoms with E-state index in [0.717, 1.165) is 5.69 Å². The van der Waals surface area contributed by atoms with Gasteiger partial charge in [-0.15, -0.1) is 0 Å². The molecule has 58 valence electrons. The molecule has 0 unspecified atom stereocenters. The van der Waals surface area contributed by atoms with Gasteiger partial charge in [0.1, 0.15) is 0 Å². The molecule has 11 heavy (non-hydrogen) atoms. The Morgan fingerprint density at radius 2 is 2.00 bits per heavy atom. The van der Waals surface area contributed by atoms with Crippen molar-refractivity contribution in [3.05, 3.63) is 30.3 Å². The molecule has 0 spiro atoms. The summed E-state index contributed by atoms with van der Waals surface area (Å²) in [7, 11) is 0. The van der Waals surface area contributed by atoms with Crippen LogP contribution in [0.1, 0.15) is 0 Å². The summed E-state index contributed by atoms with van der Waals surface area (Å²) < 4.78 is 4.37. The van der Waals surface area contributed by atoms with E-state index in [-0.39, 0.29) is 0 Å². The molecule has 1 aromatic rings. The van der Waals surface area contributed by atoms with Crippen LogP contribution in [0, 0.1) is 0 Å². The van der Waals surface area contributed by atoms with Crippen molar-refractivity contribution in [2.45, 2.75) is 0 Å². The second-order valence-corrected chi connectivity index (χ2v) is 2.30. The van der Waals surface area contributed by atoms with Crippen LogP contribution in [0.2, 0.25) is 0 Å². The van der Waals surface area contributed by atoms with Crippen LogP contribution >= 0.6 is 23.0 Å². The molecule has 0 aromatic heterocycles. The predicted octanol–water partition coefficient (Wildman–Crippen LogP) is 2.59. The van der Waals surface area contributed by atoms with E-state index in [1.54, 1.807) is 12.1 Å². The zero-order valence-corrected chi connectivity index (χ0v) is 7.74. The molecule has 0 aliphatic carbocycles. The Kier molecular flexibility index (Phi) is 3.15. The maximum absolute atomic E-state index is 10.6. The summed E-state index contributed by atoms with van der Waals surface area (Å²) >= 11 is 1.53. The first-order valence-electron chi connectivity index (χ1n) is 2.97. The second kappa shape index (κ2) is 4.17. The van der Waals surface area contributed by atoms with Crippen molar-refractivity contribution in [2.24, 2.45) is 0 Å².